The largest absolute Gasteiger partial charge is 0.478 e. The Labute approximate surface area is 103 Å². The molecule has 1 aliphatic rings. The van der Waals surface area contributed by atoms with Gasteiger partial charge in [0, 0.05) is 12.0 Å². The van der Waals surface area contributed by atoms with Crippen LogP contribution in [-0.2, 0) is 6.42 Å². The van der Waals surface area contributed by atoms with Gasteiger partial charge < -0.3 is 9.63 Å². The molecule has 3 rings (SSSR count). The summed E-state index contributed by atoms with van der Waals surface area (Å²) in [5.41, 5.74) is 1.02. The number of rotatable bonds is 4. The quantitative estimate of drug-likeness (QED) is 0.893. The zero-order valence-electron chi connectivity index (χ0n) is 9.67. The van der Waals surface area contributed by atoms with Gasteiger partial charge in [0.05, 0.1) is 5.56 Å². The second kappa shape index (κ2) is 4.25. The molecule has 5 nitrogen and oxygen atoms in total. The van der Waals surface area contributed by atoms with Crippen molar-refractivity contribution in [2.75, 3.05) is 0 Å². The molecule has 0 aliphatic heterocycles. The summed E-state index contributed by atoms with van der Waals surface area (Å²) in [6.45, 7) is 0. The highest BCUT2D eigenvalue weighted by Crippen LogP contribution is 2.32. The lowest BCUT2D eigenvalue weighted by Crippen LogP contribution is -1.95. The molecular weight excluding hydrogens is 232 g/mol. The molecule has 1 N–H and O–H groups in total. The Morgan fingerprint density at radius 1 is 1.33 bits per heavy atom. The van der Waals surface area contributed by atoms with Crippen molar-refractivity contribution in [3.63, 3.8) is 0 Å². The van der Waals surface area contributed by atoms with Gasteiger partial charge in [-0.15, -0.1) is 0 Å². The number of carbonyl (C=O) groups is 1. The number of aromatic nitrogens is 2. The molecule has 1 aliphatic carbocycles. The van der Waals surface area contributed by atoms with Crippen LogP contribution in [-0.4, -0.2) is 21.2 Å². The van der Waals surface area contributed by atoms with E-state index in [0.717, 1.165) is 12.0 Å². The number of benzene rings is 1. The van der Waals surface area contributed by atoms with E-state index in [4.69, 9.17) is 9.63 Å². The Morgan fingerprint density at radius 3 is 2.67 bits per heavy atom. The van der Waals surface area contributed by atoms with Crippen LogP contribution >= 0.6 is 0 Å². The minimum Gasteiger partial charge on any atom is -0.478 e. The van der Waals surface area contributed by atoms with Gasteiger partial charge in [0.25, 0.3) is 0 Å². The molecule has 0 saturated heterocycles. The Morgan fingerprint density at radius 2 is 2.06 bits per heavy atom. The second-order valence-electron chi connectivity index (χ2n) is 4.54. The van der Waals surface area contributed by atoms with E-state index in [-0.39, 0.29) is 5.56 Å². The minimum atomic E-state index is -0.941. The molecule has 1 fully saturated rings. The van der Waals surface area contributed by atoms with Crippen LogP contribution in [0.25, 0.3) is 11.4 Å². The molecule has 1 aromatic heterocycles. The molecule has 1 saturated carbocycles. The molecule has 18 heavy (non-hydrogen) atoms. The average molecular weight is 244 g/mol. The highest BCUT2D eigenvalue weighted by molar-refractivity contribution is 5.88. The monoisotopic (exact) mass is 244 g/mol. The summed E-state index contributed by atoms with van der Waals surface area (Å²) in [7, 11) is 0. The Balaban J connectivity index is 1.80. The van der Waals surface area contributed by atoms with Crippen molar-refractivity contribution in [1.29, 1.82) is 0 Å². The summed E-state index contributed by atoms with van der Waals surface area (Å²) >= 11 is 0. The van der Waals surface area contributed by atoms with Gasteiger partial charge in [-0.05, 0) is 30.9 Å². The van der Waals surface area contributed by atoms with Crippen LogP contribution in [0, 0.1) is 5.92 Å². The highest BCUT2D eigenvalue weighted by atomic mass is 16.5. The topological polar surface area (TPSA) is 76.2 Å². The Kier molecular flexibility index (Phi) is 2.59. The molecule has 5 heteroatoms. The predicted molar refractivity (Wildman–Crippen MR) is 63.1 cm³/mol. The molecule has 92 valence electrons. The van der Waals surface area contributed by atoms with Crippen LogP contribution in [0.1, 0.15) is 29.1 Å². The summed E-state index contributed by atoms with van der Waals surface area (Å²) in [6, 6.07) is 6.45. The van der Waals surface area contributed by atoms with E-state index in [1.807, 2.05) is 0 Å². The fourth-order valence-electron chi connectivity index (χ4n) is 1.79. The highest BCUT2D eigenvalue weighted by Gasteiger charge is 2.24. The molecule has 1 aromatic carbocycles. The van der Waals surface area contributed by atoms with E-state index < -0.39 is 5.97 Å². The first-order valence-corrected chi connectivity index (χ1v) is 5.88. The van der Waals surface area contributed by atoms with Crippen LogP contribution in [0.15, 0.2) is 28.8 Å². The fraction of sp³-hybridized carbons (Fsp3) is 0.308. The smallest absolute Gasteiger partial charge is 0.335 e. The number of aromatic carboxylic acids is 1. The minimum absolute atomic E-state index is 0.250. The van der Waals surface area contributed by atoms with E-state index in [0.29, 0.717) is 17.6 Å². The first-order chi connectivity index (χ1) is 8.72. The molecule has 1 heterocycles. The third-order valence-electron chi connectivity index (χ3n) is 3.02. The first-order valence-electron chi connectivity index (χ1n) is 5.88. The Bertz CT molecular complexity index is 570. The number of carboxylic acids is 1. The lowest BCUT2D eigenvalue weighted by molar-refractivity contribution is 0.0697. The summed E-state index contributed by atoms with van der Waals surface area (Å²) in [6.07, 6.45) is 3.33. The van der Waals surface area contributed by atoms with Gasteiger partial charge in [-0.25, -0.2) is 4.79 Å². The predicted octanol–water partition coefficient (Wildman–Crippen LogP) is 2.39. The third kappa shape index (κ3) is 2.25. The lowest BCUT2D eigenvalue weighted by Gasteiger charge is -1.95. The van der Waals surface area contributed by atoms with Crippen LogP contribution < -0.4 is 0 Å². The van der Waals surface area contributed by atoms with Crippen molar-refractivity contribution in [2.24, 2.45) is 5.92 Å². The molecule has 0 radical (unpaired) electrons. The number of nitrogens with zero attached hydrogens (tertiary/aromatic N) is 2. The lowest BCUT2D eigenvalue weighted by atomic mass is 10.1. The van der Waals surface area contributed by atoms with Crippen molar-refractivity contribution in [1.82, 2.24) is 10.1 Å². The van der Waals surface area contributed by atoms with E-state index in [9.17, 15) is 4.79 Å². The molecule has 0 amide bonds. The van der Waals surface area contributed by atoms with Crippen LogP contribution in [0.3, 0.4) is 0 Å². The van der Waals surface area contributed by atoms with E-state index in [2.05, 4.69) is 10.1 Å². The fourth-order valence-corrected chi connectivity index (χ4v) is 1.79. The van der Waals surface area contributed by atoms with Crippen molar-refractivity contribution in [3.05, 3.63) is 35.7 Å². The normalized spacial score (nSPS) is 14.7. The SMILES string of the molecule is O=C(O)c1ccc(-c2noc(CC3CC3)n2)cc1. The standard InChI is InChI=1S/C13H12N2O3/c16-13(17)10-5-3-9(4-6-10)12-14-11(18-15-12)7-8-1-2-8/h3-6,8H,1-2,7H2,(H,16,17). The van der Waals surface area contributed by atoms with Gasteiger partial charge in [0.1, 0.15) is 0 Å². The molecule has 0 bridgehead atoms. The number of hydrogen-bond acceptors (Lipinski definition) is 4. The number of hydrogen-bond donors (Lipinski definition) is 1. The van der Waals surface area contributed by atoms with Gasteiger partial charge in [-0.1, -0.05) is 17.3 Å². The zero-order chi connectivity index (χ0) is 12.5. The summed E-state index contributed by atoms with van der Waals surface area (Å²) in [5, 5.41) is 12.7. The summed E-state index contributed by atoms with van der Waals surface area (Å²) in [4.78, 5) is 15.0. The maximum atomic E-state index is 10.7. The molecule has 2 aromatic rings. The van der Waals surface area contributed by atoms with E-state index in [1.54, 1.807) is 12.1 Å². The average Bonchev–Trinajstić information content (AvgIpc) is 3.05. The van der Waals surface area contributed by atoms with Gasteiger partial charge in [-0.2, -0.15) is 4.98 Å². The maximum Gasteiger partial charge on any atom is 0.335 e. The third-order valence-corrected chi connectivity index (χ3v) is 3.02. The van der Waals surface area contributed by atoms with Gasteiger partial charge in [0.15, 0.2) is 0 Å². The van der Waals surface area contributed by atoms with E-state index in [1.165, 1.54) is 25.0 Å². The van der Waals surface area contributed by atoms with Crippen LogP contribution in [0.2, 0.25) is 0 Å². The van der Waals surface area contributed by atoms with Gasteiger partial charge in [0.2, 0.25) is 11.7 Å². The van der Waals surface area contributed by atoms with Gasteiger partial charge in [-0.3, -0.25) is 0 Å². The second-order valence-corrected chi connectivity index (χ2v) is 4.54. The molecular formula is C13H12N2O3. The summed E-state index contributed by atoms with van der Waals surface area (Å²) < 4.78 is 5.17. The zero-order valence-corrected chi connectivity index (χ0v) is 9.67. The van der Waals surface area contributed by atoms with Gasteiger partial charge >= 0.3 is 5.97 Å². The van der Waals surface area contributed by atoms with Crippen molar-refractivity contribution >= 4 is 5.97 Å². The number of carboxylic acid groups (broad SMARTS) is 1. The van der Waals surface area contributed by atoms with Crippen LogP contribution in [0.4, 0.5) is 0 Å². The van der Waals surface area contributed by atoms with Crippen LogP contribution in [0.5, 0.6) is 0 Å². The molecule has 0 unspecified atom stereocenters. The maximum absolute atomic E-state index is 10.7. The van der Waals surface area contributed by atoms with Crippen molar-refractivity contribution in [2.45, 2.75) is 19.3 Å². The Hall–Kier alpha value is -2.17. The van der Waals surface area contributed by atoms with Crippen molar-refractivity contribution in [3.8, 4) is 11.4 Å². The van der Waals surface area contributed by atoms with E-state index >= 15 is 0 Å². The van der Waals surface area contributed by atoms with Crippen molar-refractivity contribution < 1.29 is 14.4 Å². The molecule has 0 spiro atoms. The molecule has 0 atom stereocenters. The summed E-state index contributed by atoms with van der Waals surface area (Å²) in [5.74, 6) is 0.939. The first kappa shape index (κ1) is 11.0.